The number of aliphatic hydroxyl groups is 1. The van der Waals surface area contributed by atoms with Crippen LogP contribution in [0.1, 0.15) is 74.3 Å². The molecule has 2 bridgehead atoms. The third-order valence-electron chi connectivity index (χ3n) is 11.0. The molecule has 3 aliphatic rings. The van der Waals surface area contributed by atoms with Crippen LogP contribution >= 0.6 is 0 Å². The Balaban J connectivity index is 1.23. The number of aryl methyl sites for hydroxylation is 2. The minimum absolute atomic E-state index is 0.000870. The number of piperazine rings is 1. The van der Waals surface area contributed by atoms with Crippen LogP contribution in [0.5, 0.6) is 11.5 Å². The number of halogens is 3. The van der Waals surface area contributed by atoms with Crippen molar-refractivity contribution in [3.63, 3.8) is 0 Å². The molecule has 0 spiro atoms. The quantitative estimate of drug-likeness (QED) is 0.112. The molecular weight excluding hydrogens is 776 g/mol. The van der Waals surface area contributed by atoms with Crippen molar-refractivity contribution in [1.82, 2.24) is 14.7 Å². The summed E-state index contributed by atoms with van der Waals surface area (Å²) in [4.78, 5) is 48.4. The number of aliphatic hydroxyl groups excluding tert-OH is 1. The zero-order chi connectivity index (χ0) is 42.7. The number of amides is 3. The van der Waals surface area contributed by atoms with Gasteiger partial charge < -0.3 is 29.1 Å². The largest absolute Gasteiger partial charge is 0.488 e. The van der Waals surface area contributed by atoms with Crippen LogP contribution in [0.4, 0.5) is 22.8 Å². The van der Waals surface area contributed by atoms with Gasteiger partial charge in [-0.1, -0.05) is 60.7 Å². The second-order valence-corrected chi connectivity index (χ2v) is 16.6. The maximum atomic E-state index is 15.3. The Morgan fingerprint density at radius 1 is 0.867 bits per heavy atom. The molecule has 2 unspecified atom stereocenters. The lowest BCUT2D eigenvalue weighted by molar-refractivity contribution is -0.129. The Bertz CT molecular complexity index is 2270. The Morgan fingerprint density at radius 3 is 2.30 bits per heavy atom. The molecular formula is C47H50F3N3O7. The minimum atomic E-state index is -1.37. The summed E-state index contributed by atoms with van der Waals surface area (Å²) in [6, 6.07) is 22.3. The Labute approximate surface area is 348 Å². The normalized spacial score (nSPS) is 17.7. The van der Waals surface area contributed by atoms with Gasteiger partial charge in [-0.3, -0.25) is 9.69 Å². The van der Waals surface area contributed by atoms with E-state index in [0.29, 0.717) is 36.6 Å². The van der Waals surface area contributed by atoms with Crippen LogP contribution in [-0.2, 0) is 29.1 Å². The first-order valence-electron chi connectivity index (χ1n) is 20.3. The van der Waals surface area contributed by atoms with Crippen molar-refractivity contribution in [3.05, 3.63) is 136 Å². The van der Waals surface area contributed by atoms with Crippen molar-refractivity contribution in [2.24, 2.45) is 0 Å². The summed E-state index contributed by atoms with van der Waals surface area (Å²) < 4.78 is 58.9. The zero-order valence-electron chi connectivity index (χ0n) is 34.3. The van der Waals surface area contributed by atoms with E-state index in [9.17, 15) is 27.9 Å². The summed E-state index contributed by atoms with van der Waals surface area (Å²) in [7, 11) is 0. The van der Waals surface area contributed by atoms with Gasteiger partial charge in [-0.15, -0.1) is 0 Å². The molecule has 13 heteroatoms. The first-order chi connectivity index (χ1) is 28.7. The minimum Gasteiger partial charge on any atom is -0.488 e. The van der Waals surface area contributed by atoms with Crippen molar-refractivity contribution in [2.75, 3.05) is 19.7 Å². The monoisotopic (exact) mass is 825 g/mol. The summed E-state index contributed by atoms with van der Waals surface area (Å²) in [5.74, 6) is -4.25. The van der Waals surface area contributed by atoms with Gasteiger partial charge in [0, 0.05) is 31.2 Å². The number of nitrogens with zero attached hydrogens (tertiary/aromatic N) is 3. The van der Waals surface area contributed by atoms with E-state index in [1.54, 1.807) is 49.9 Å². The van der Waals surface area contributed by atoms with E-state index in [2.05, 4.69) is 0 Å². The van der Waals surface area contributed by atoms with Crippen LogP contribution in [0.3, 0.4) is 0 Å². The van der Waals surface area contributed by atoms with E-state index in [-0.39, 0.29) is 50.4 Å². The molecule has 1 saturated heterocycles. The molecule has 2 atom stereocenters. The first-order valence-corrected chi connectivity index (χ1v) is 20.3. The number of carbonyl (C=O) groups is 3. The lowest BCUT2D eigenvalue weighted by Gasteiger charge is -2.50. The van der Waals surface area contributed by atoms with Gasteiger partial charge in [-0.2, -0.15) is 4.39 Å². The molecule has 1 aliphatic carbocycles. The third kappa shape index (κ3) is 9.62. The lowest BCUT2D eigenvalue weighted by atomic mass is 9.81. The number of benzene rings is 4. The first kappa shape index (κ1) is 42.3. The molecule has 10 nitrogen and oxygen atoms in total. The molecule has 0 radical (unpaired) electrons. The van der Waals surface area contributed by atoms with Gasteiger partial charge in [0.15, 0.2) is 17.4 Å². The van der Waals surface area contributed by atoms with E-state index in [1.807, 2.05) is 60.4 Å². The molecule has 2 heterocycles. The Kier molecular flexibility index (Phi) is 12.6. The fourth-order valence-electron chi connectivity index (χ4n) is 7.91. The molecule has 3 amide bonds. The predicted molar refractivity (Wildman–Crippen MR) is 218 cm³/mol. The highest BCUT2D eigenvalue weighted by Crippen LogP contribution is 2.42. The second-order valence-electron chi connectivity index (χ2n) is 16.6. The maximum absolute atomic E-state index is 15.3. The molecule has 1 saturated carbocycles. The van der Waals surface area contributed by atoms with E-state index >= 15 is 4.79 Å². The second kappa shape index (κ2) is 17.8. The van der Waals surface area contributed by atoms with Crippen molar-refractivity contribution in [3.8, 4) is 11.5 Å². The maximum Gasteiger partial charge on any atom is 0.415 e. The van der Waals surface area contributed by atoms with Gasteiger partial charge in [0.25, 0.3) is 5.91 Å². The number of ether oxygens (including phenoxy) is 3. The zero-order valence-corrected chi connectivity index (χ0v) is 34.3. The Hall–Kier alpha value is -5.82. The van der Waals surface area contributed by atoms with Gasteiger partial charge in [-0.25, -0.2) is 18.4 Å². The van der Waals surface area contributed by atoms with Gasteiger partial charge in [0.1, 0.15) is 11.4 Å². The molecule has 2 fully saturated rings. The molecule has 2 aliphatic heterocycles. The van der Waals surface area contributed by atoms with Crippen LogP contribution in [0.25, 0.3) is 5.57 Å². The lowest BCUT2D eigenvalue weighted by Crippen LogP contribution is -2.66. The molecule has 7 rings (SSSR count). The average molecular weight is 826 g/mol. The highest BCUT2D eigenvalue weighted by atomic mass is 19.2. The van der Waals surface area contributed by atoms with E-state index in [0.717, 1.165) is 46.7 Å². The molecule has 0 aromatic heterocycles. The summed E-state index contributed by atoms with van der Waals surface area (Å²) in [6.07, 6.45) is 1.57. The fourth-order valence-corrected chi connectivity index (χ4v) is 7.91. The van der Waals surface area contributed by atoms with Crippen molar-refractivity contribution in [2.45, 2.75) is 96.7 Å². The third-order valence-corrected chi connectivity index (χ3v) is 11.0. The summed E-state index contributed by atoms with van der Waals surface area (Å²) in [6.45, 7) is 7.53. The number of hydrogen-bond acceptors (Lipinski definition) is 7. The van der Waals surface area contributed by atoms with Gasteiger partial charge in [-0.05, 0) is 117 Å². The Morgan fingerprint density at radius 2 is 1.60 bits per heavy atom. The number of hydrogen-bond donors (Lipinski definition) is 1. The topological polar surface area (TPSA) is 109 Å². The average Bonchev–Trinajstić information content (AvgIpc) is 4.06. The molecule has 1 N–H and O–H groups in total. The summed E-state index contributed by atoms with van der Waals surface area (Å²) in [5, 5.41) is 9.66. The number of rotatable bonds is 12. The molecule has 316 valence electrons. The van der Waals surface area contributed by atoms with E-state index in [4.69, 9.17) is 14.2 Å². The highest BCUT2D eigenvalue weighted by Gasteiger charge is 2.50. The number of carbonyl (C=O) groups excluding carboxylic acids is 3. The van der Waals surface area contributed by atoms with E-state index in [1.165, 1.54) is 4.90 Å². The van der Waals surface area contributed by atoms with Crippen molar-refractivity contribution >= 4 is 23.7 Å². The molecule has 4 aromatic rings. The molecule has 60 heavy (non-hydrogen) atoms. The molecule has 4 aromatic carbocycles. The summed E-state index contributed by atoms with van der Waals surface area (Å²) in [5.41, 5.74) is 4.65. The van der Waals surface area contributed by atoms with Crippen LogP contribution in [0.15, 0.2) is 90.5 Å². The van der Waals surface area contributed by atoms with Gasteiger partial charge in [0.2, 0.25) is 5.82 Å². The SMILES string of the molecule is Cc1ccccc1CN(C(=O)C1=C(c2ccc(CCCOc3c(F)ccc(F)c3F)cc2)CC2CN(C(=O)Oc3cccc(CO)c3)CC1N2C(=O)OC(C)(C)C)C1CC1. The smallest absolute Gasteiger partial charge is 0.415 e. The number of fused-ring (bicyclic) bond motifs is 2. The van der Waals surface area contributed by atoms with Crippen molar-refractivity contribution in [1.29, 1.82) is 0 Å². The van der Waals surface area contributed by atoms with E-state index < -0.39 is 53.1 Å². The van der Waals surface area contributed by atoms with Crippen LogP contribution in [0.2, 0.25) is 0 Å². The van der Waals surface area contributed by atoms with Gasteiger partial charge >= 0.3 is 12.2 Å². The van der Waals surface area contributed by atoms with Crippen LogP contribution in [-0.4, -0.2) is 81.3 Å². The van der Waals surface area contributed by atoms with Crippen LogP contribution < -0.4 is 9.47 Å². The van der Waals surface area contributed by atoms with Crippen molar-refractivity contribution < 1.29 is 46.9 Å². The van der Waals surface area contributed by atoms with Gasteiger partial charge in [0.05, 0.1) is 25.3 Å². The summed E-state index contributed by atoms with van der Waals surface area (Å²) >= 11 is 0. The highest BCUT2D eigenvalue weighted by molar-refractivity contribution is 6.04. The van der Waals surface area contributed by atoms with Crippen LogP contribution in [0, 0.1) is 24.4 Å². The predicted octanol–water partition coefficient (Wildman–Crippen LogP) is 8.75. The standard InChI is InChI=1S/C47H50F3N3O7/c1-29-9-5-6-12-33(29)25-52(34-18-19-34)44(55)41-37(32-16-14-30(15-17-32)11-8-22-58-43-39(49)21-20-38(48)42(43)50)24-35-26-51(27-40(41)53(35)46(57)60-47(2,3)4)45(56)59-36-13-7-10-31(23-36)28-54/h5-7,9-10,12-17,20-21,23,34-35,40,54H,8,11,18-19,22,24-28H2,1-4H3. The fraction of sp³-hybridized carbons (Fsp3) is 0.383.